The summed E-state index contributed by atoms with van der Waals surface area (Å²) in [5.74, 6) is -0.921. The number of carbonyl (C=O) groups is 1. The molecule has 0 amide bonds. The number of likely N-dealkylation sites (tertiary alicyclic amines) is 1. The molecule has 0 spiro atoms. The van der Waals surface area contributed by atoms with Crippen LogP contribution >= 0.6 is 0 Å². The number of pyridine rings is 1. The molecule has 1 aliphatic heterocycles. The van der Waals surface area contributed by atoms with Crippen LogP contribution in [-0.2, 0) is 11.3 Å². The van der Waals surface area contributed by atoms with E-state index in [1.54, 1.807) is 6.20 Å². The minimum Gasteiger partial charge on any atom is -0.481 e. The van der Waals surface area contributed by atoms with E-state index in [1.165, 1.54) is 0 Å². The zero-order valence-electron chi connectivity index (χ0n) is 10.0. The predicted molar refractivity (Wildman–Crippen MR) is 64.5 cm³/mol. The van der Waals surface area contributed by atoms with Crippen molar-refractivity contribution in [2.45, 2.75) is 32.4 Å². The topological polar surface area (TPSA) is 53.4 Å². The van der Waals surface area contributed by atoms with Crippen molar-refractivity contribution in [3.05, 3.63) is 30.1 Å². The van der Waals surface area contributed by atoms with Gasteiger partial charge in [-0.25, -0.2) is 0 Å². The smallest absolute Gasteiger partial charge is 0.308 e. The van der Waals surface area contributed by atoms with Gasteiger partial charge >= 0.3 is 5.97 Å². The van der Waals surface area contributed by atoms with Gasteiger partial charge in [-0.15, -0.1) is 0 Å². The van der Waals surface area contributed by atoms with Crippen LogP contribution in [0.4, 0.5) is 0 Å². The Morgan fingerprint density at radius 2 is 2.41 bits per heavy atom. The highest BCUT2D eigenvalue weighted by Gasteiger charge is 2.32. The summed E-state index contributed by atoms with van der Waals surface area (Å²) in [6.07, 6.45) is 3.52. The number of carboxylic acids is 1. The zero-order valence-corrected chi connectivity index (χ0v) is 10.0. The molecule has 92 valence electrons. The Bertz CT molecular complexity index is 380. The molecule has 2 heterocycles. The van der Waals surface area contributed by atoms with Crippen LogP contribution in [-0.4, -0.2) is 33.5 Å². The maximum absolute atomic E-state index is 11.1. The molecule has 0 aromatic carbocycles. The molecule has 1 fully saturated rings. The Kier molecular flexibility index (Phi) is 3.74. The second-order valence-corrected chi connectivity index (χ2v) is 4.62. The molecule has 1 N–H and O–H groups in total. The van der Waals surface area contributed by atoms with Crippen molar-refractivity contribution in [1.29, 1.82) is 0 Å². The number of hydrogen-bond acceptors (Lipinski definition) is 3. The fraction of sp³-hybridized carbons (Fsp3) is 0.538. The van der Waals surface area contributed by atoms with Crippen molar-refractivity contribution in [1.82, 2.24) is 9.88 Å². The standard InChI is InChI=1S/C13H18N2O2/c1-10-12(13(16)17)6-4-8-15(10)9-11-5-2-3-7-14-11/h2-3,5,7,10,12H,4,6,8-9H2,1H3,(H,16,17)/t10-,12+/m1/s1. The quantitative estimate of drug-likeness (QED) is 0.866. The summed E-state index contributed by atoms with van der Waals surface area (Å²) in [7, 11) is 0. The lowest BCUT2D eigenvalue weighted by Crippen LogP contribution is -2.45. The van der Waals surface area contributed by atoms with E-state index < -0.39 is 5.97 Å². The number of hydrogen-bond donors (Lipinski definition) is 1. The Morgan fingerprint density at radius 1 is 1.59 bits per heavy atom. The predicted octanol–water partition coefficient (Wildman–Crippen LogP) is 1.77. The van der Waals surface area contributed by atoms with Gasteiger partial charge in [-0.1, -0.05) is 6.07 Å². The second kappa shape index (κ2) is 5.27. The Hall–Kier alpha value is -1.42. The van der Waals surface area contributed by atoms with E-state index in [1.807, 2.05) is 25.1 Å². The van der Waals surface area contributed by atoms with Crippen molar-refractivity contribution >= 4 is 5.97 Å². The molecule has 1 saturated heterocycles. The Labute approximate surface area is 101 Å². The molecule has 1 aromatic rings. The molecule has 17 heavy (non-hydrogen) atoms. The van der Waals surface area contributed by atoms with E-state index >= 15 is 0 Å². The lowest BCUT2D eigenvalue weighted by Gasteiger charge is -2.37. The summed E-state index contributed by atoms with van der Waals surface area (Å²) < 4.78 is 0. The van der Waals surface area contributed by atoms with E-state index in [-0.39, 0.29) is 12.0 Å². The third-order valence-corrected chi connectivity index (χ3v) is 3.53. The third-order valence-electron chi connectivity index (χ3n) is 3.53. The van der Waals surface area contributed by atoms with Crippen molar-refractivity contribution in [2.24, 2.45) is 5.92 Å². The summed E-state index contributed by atoms with van der Waals surface area (Å²) in [4.78, 5) is 17.6. The first kappa shape index (κ1) is 12.0. The molecule has 4 heteroatoms. The van der Waals surface area contributed by atoms with Crippen molar-refractivity contribution < 1.29 is 9.90 Å². The Balaban J connectivity index is 2.03. The van der Waals surface area contributed by atoms with Crippen LogP contribution in [0.2, 0.25) is 0 Å². The van der Waals surface area contributed by atoms with Crippen LogP contribution < -0.4 is 0 Å². The molecule has 1 aromatic heterocycles. The van der Waals surface area contributed by atoms with Gasteiger partial charge in [-0.05, 0) is 38.4 Å². The van der Waals surface area contributed by atoms with Gasteiger partial charge in [0.2, 0.25) is 0 Å². The number of carboxylic acid groups (broad SMARTS) is 1. The van der Waals surface area contributed by atoms with Crippen LogP contribution in [0.5, 0.6) is 0 Å². The van der Waals surface area contributed by atoms with Gasteiger partial charge < -0.3 is 5.11 Å². The van der Waals surface area contributed by atoms with Gasteiger partial charge in [0.05, 0.1) is 11.6 Å². The lowest BCUT2D eigenvalue weighted by atomic mass is 9.90. The molecule has 0 bridgehead atoms. The highest BCUT2D eigenvalue weighted by Crippen LogP contribution is 2.24. The molecule has 2 atom stereocenters. The van der Waals surface area contributed by atoms with Gasteiger partial charge in [0, 0.05) is 18.8 Å². The average Bonchev–Trinajstić information content (AvgIpc) is 2.33. The van der Waals surface area contributed by atoms with E-state index in [9.17, 15) is 4.79 Å². The van der Waals surface area contributed by atoms with E-state index in [0.717, 1.165) is 31.6 Å². The van der Waals surface area contributed by atoms with E-state index in [0.29, 0.717) is 0 Å². The molecular formula is C13H18N2O2. The SMILES string of the molecule is C[C@@H]1[C@@H](C(=O)O)CCCN1Cc1ccccn1. The van der Waals surface area contributed by atoms with Crippen LogP contribution in [0.1, 0.15) is 25.5 Å². The van der Waals surface area contributed by atoms with Gasteiger partial charge in [-0.2, -0.15) is 0 Å². The minimum absolute atomic E-state index is 0.0863. The van der Waals surface area contributed by atoms with Crippen molar-refractivity contribution in [2.75, 3.05) is 6.54 Å². The fourth-order valence-corrected chi connectivity index (χ4v) is 2.47. The van der Waals surface area contributed by atoms with Gasteiger partial charge in [0.15, 0.2) is 0 Å². The van der Waals surface area contributed by atoms with E-state index in [2.05, 4.69) is 9.88 Å². The van der Waals surface area contributed by atoms with E-state index in [4.69, 9.17) is 5.11 Å². The molecular weight excluding hydrogens is 216 g/mol. The highest BCUT2D eigenvalue weighted by atomic mass is 16.4. The second-order valence-electron chi connectivity index (χ2n) is 4.62. The van der Waals surface area contributed by atoms with Crippen LogP contribution in [0.3, 0.4) is 0 Å². The van der Waals surface area contributed by atoms with Gasteiger partial charge in [0.1, 0.15) is 0 Å². The Morgan fingerprint density at radius 3 is 3.06 bits per heavy atom. The summed E-state index contributed by atoms with van der Waals surface area (Å²) in [5.41, 5.74) is 1.00. The first-order valence-electron chi connectivity index (χ1n) is 6.05. The number of aromatic nitrogens is 1. The molecule has 0 aliphatic carbocycles. The summed E-state index contributed by atoms with van der Waals surface area (Å²) in [6, 6.07) is 5.93. The molecule has 2 rings (SSSR count). The maximum Gasteiger partial charge on any atom is 0.308 e. The molecule has 4 nitrogen and oxygen atoms in total. The van der Waals surface area contributed by atoms with Crippen molar-refractivity contribution in [3.63, 3.8) is 0 Å². The third kappa shape index (κ3) is 2.82. The molecule has 0 unspecified atom stereocenters. The number of nitrogens with zero attached hydrogens (tertiary/aromatic N) is 2. The molecule has 0 radical (unpaired) electrons. The fourth-order valence-electron chi connectivity index (χ4n) is 2.47. The summed E-state index contributed by atoms with van der Waals surface area (Å²) in [6.45, 7) is 3.70. The molecule has 0 saturated carbocycles. The van der Waals surface area contributed by atoms with Crippen LogP contribution in [0, 0.1) is 5.92 Å². The van der Waals surface area contributed by atoms with Crippen LogP contribution in [0.25, 0.3) is 0 Å². The monoisotopic (exact) mass is 234 g/mol. The van der Waals surface area contributed by atoms with Crippen LogP contribution in [0.15, 0.2) is 24.4 Å². The maximum atomic E-state index is 11.1. The number of aliphatic carboxylic acids is 1. The average molecular weight is 234 g/mol. The highest BCUT2D eigenvalue weighted by molar-refractivity contribution is 5.70. The molecule has 1 aliphatic rings. The van der Waals surface area contributed by atoms with Gasteiger partial charge in [0.25, 0.3) is 0 Å². The number of rotatable bonds is 3. The normalized spacial score (nSPS) is 25.7. The zero-order chi connectivity index (χ0) is 12.3. The van der Waals surface area contributed by atoms with Gasteiger partial charge in [-0.3, -0.25) is 14.7 Å². The largest absolute Gasteiger partial charge is 0.481 e. The minimum atomic E-state index is -0.678. The number of piperidine rings is 1. The summed E-state index contributed by atoms with van der Waals surface area (Å²) >= 11 is 0. The first-order valence-corrected chi connectivity index (χ1v) is 6.05. The lowest BCUT2D eigenvalue weighted by molar-refractivity contribution is -0.145. The summed E-state index contributed by atoms with van der Waals surface area (Å²) in [5, 5.41) is 9.15. The first-order chi connectivity index (χ1) is 8.18. The van der Waals surface area contributed by atoms with Crippen molar-refractivity contribution in [3.8, 4) is 0 Å².